The van der Waals surface area contributed by atoms with E-state index in [0.29, 0.717) is 0 Å². The van der Waals surface area contributed by atoms with Crippen LogP contribution in [0.4, 0.5) is 18.9 Å². The second kappa shape index (κ2) is 5.51. The van der Waals surface area contributed by atoms with Crippen LogP contribution in [0.15, 0.2) is 28.8 Å². The van der Waals surface area contributed by atoms with E-state index in [2.05, 4.69) is 0 Å². The molecule has 94 valence electrons. The molecule has 0 heterocycles. The van der Waals surface area contributed by atoms with Gasteiger partial charge in [0.15, 0.2) is 0 Å². The van der Waals surface area contributed by atoms with Gasteiger partial charge in [-0.2, -0.15) is 13.2 Å². The van der Waals surface area contributed by atoms with Crippen LogP contribution in [0.3, 0.4) is 0 Å². The molecule has 1 aromatic rings. The van der Waals surface area contributed by atoms with Crippen LogP contribution in [0.1, 0.15) is 5.56 Å². The fourth-order valence-electron chi connectivity index (χ4n) is 1.09. The van der Waals surface area contributed by atoms with Crippen molar-refractivity contribution < 1.29 is 17.9 Å². The van der Waals surface area contributed by atoms with Crippen LogP contribution in [0, 0.1) is 0 Å². The number of hydrogen-bond donors (Lipinski definition) is 1. The van der Waals surface area contributed by atoms with Crippen molar-refractivity contribution in [2.45, 2.75) is 6.18 Å². The van der Waals surface area contributed by atoms with Gasteiger partial charge in [0.2, 0.25) is 0 Å². The largest absolute Gasteiger partial charge is 0.489 e. The first-order valence-electron chi connectivity index (χ1n) is 4.41. The molecule has 1 rings (SSSR count). The number of anilines is 1. The number of nitrogen functional groups attached to an aromatic ring is 1. The van der Waals surface area contributed by atoms with E-state index in [4.69, 9.17) is 33.7 Å². The minimum Gasteiger partial charge on any atom is -0.489 e. The number of benzene rings is 1. The van der Waals surface area contributed by atoms with Crippen LogP contribution in [-0.4, -0.2) is 6.61 Å². The molecule has 0 bridgehead atoms. The summed E-state index contributed by atoms with van der Waals surface area (Å²) in [7, 11) is 0. The van der Waals surface area contributed by atoms with Crippen molar-refractivity contribution in [2.75, 3.05) is 12.3 Å². The number of alkyl halides is 3. The van der Waals surface area contributed by atoms with Crippen molar-refractivity contribution in [1.82, 2.24) is 0 Å². The lowest BCUT2D eigenvalue weighted by atomic mass is 10.1. The molecule has 0 saturated heterocycles. The molecule has 0 saturated carbocycles. The summed E-state index contributed by atoms with van der Waals surface area (Å²) < 4.78 is 42.7. The summed E-state index contributed by atoms with van der Waals surface area (Å²) >= 11 is 10.6. The van der Waals surface area contributed by atoms with E-state index >= 15 is 0 Å². The van der Waals surface area contributed by atoms with Crippen LogP contribution < -0.4 is 10.5 Å². The average Bonchev–Trinajstić information content (AvgIpc) is 2.18. The van der Waals surface area contributed by atoms with E-state index in [0.717, 1.165) is 12.1 Å². The molecular formula is C10H8Cl2F3NO. The zero-order valence-electron chi connectivity index (χ0n) is 8.39. The Morgan fingerprint density at radius 1 is 1.35 bits per heavy atom. The van der Waals surface area contributed by atoms with Crippen molar-refractivity contribution in [2.24, 2.45) is 0 Å². The van der Waals surface area contributed by atoms with Crippen molar-refractivity contribution in [1.29, 1.82) is 0 Å². The first-order valence-corrected chi connectivity index (χ1v) is 5.17. The summed E-state index contributed by atoms with van der Waals surface area (Å²) in [5.41, 5.74) is 4.37. The van der Waals surface area contributed by atoms with Gasteiger partial charge < -0.3 is 10.5 Å². The Morgan fingerprint density at radius 2 is 2.00 bits per heavy atom. The van der Waals surface area contributed by atoms with Gasteiger partial charge in [0.1, 0.15) is 16.8 Å². The third-order valence-corrected chi connectivity index (χ3v) is 2.09. The highest BCUT2D eigenvalue weighted by molar-refractivity contribution is 6.55. The van der Waals surface area contributed by atoms with Crippen molar-refractivity contribution in [3.05, 3.63) is 34.3 Å². The van der Waals surface area contributed by atoms with E-state index in [-0.39, 0.29) is 22.5 Å². The van der Waals surface area contributed by atoms with Crippen molar-refractivity contribution in [3.63, 3.8) is 0 Å². The van der Waals surface area contributed by atoms with E-state index in [1.54, 1.807) is 0 Å². The highest BCUT2D eigenvalue weighted by Gasteiger charge is 2.34. The number of rotatable bonds is 3. The van der Waals surface area contributed by atoms with Gasteiger partial charge in [0, 0.05) is 5.69 Å². The number of ether oxygens (including phenoxy) is 1. The van der Waals surface area contributed by atoms with Crippen molar-refractivity contribution >= 4 is 28.9 Å². The molecule has 0 aromatic heterocycles. The Hall–Kier alpha value is -1.07. The lowest BCUT2D eigenvalue weighted by molar-refractivity contribution is -0.138. The third-order valence-electron chi connectivity index (χ3n) is 1.79. The number of nitrogens with two attached hydrogens (primary N) is 1. The average molecular weight is 286 g/mol. The Labute approximate surface area is 106 Å². The SMILES string of the molecule is Nc1ccc(OCC=C(Cl)Cl)c(C(F)(F)F)c1. The molecule has 0 spiro atoms. The lowest BCUT2D eigenvalue weighted by Gasteiger charge is -2.13. The van der Waals surface area contributed by atoms with Crippen LogP contribution >= 0.6 is 23.2 Å². The molecule has 0 atom stereocenters. The minimum atomic E-state index is -4.53. The van der Waals surface area contributed by atoms with Gasteiger partial charge >= 0.3 is 6.18 Å². The molecule has 0 aliphatic carbocycles. The highest BCUT2D eigenvalue weighted by atomic mass is 35.5. The summed E-state index contributed by atoms with van der Waals surface area (Å²) in [5.74, 6) is -0.322. The Kier molecular flexibility index (Phi) is 4.54. The Morgan fingerprint density at radius 3 is 2.53 bits per heavy atom. The number of hydrogen-bond acceptors (Lipinski definition) is 2. The van der Waals surface area contributed by atoms with Crippen molar-refractivity contribution in [3.8, 4) is 5.75 Å². The molecule has 2 N–H and O–H groups in total. The molecule has 0 amide bonds. The molecule has 0 fully saturated rings. The lowest BCUT2D eigenvalue weighted by Crippen LogP contribution is -2.09. The smallest absolute Gasteiger partial charge is 0.420 e. The molecular weight excluding hydrogens is 278 g/mol. The minimum absolute atomic E-state index is 0.00981. The van der Waals surface area contributed by atoms with Gasteiger partial charge in [-0.1, -0.05) is 23.2 Å². The molecule has 1 aromatic carbocycles. The Bertz CT molecular complexity index is 428. The molecule has 2 nitrogen and oxygen atoms in total. The van der Waals surface area contributed by atoms with Crippen LogP contribution in [0.25, 0.3) is 0 Å². The van der Waals surface area contributed by atoms with Gasteiger partial charge in [-0.15, -0.1) is 0 Å². The molecule has 0 unspecified atom stereocenters. The summed E-state index contributed by atoms with van der Waals surface area (Å²) in [4.78, 5) is 0. The van der Waals surface area contributed by atoms with E-state index in [9.17, 15) is 13.2 Å². The van der Waals surface area contributed by atoms with Crippen LogP contribution in [0.5, 0.6) is 5.75 Å². The Balaban J connectivity index is 2.95. The molecule has 17 heavy (non-hydrogen) atoms. The topological polar surface area (TPSA) is 35.2 Å². The summed E-state index contributed by atoms with van der Waals surface area (Å²) in [6.45, 7) is -0.157. The van der Waals surface area contributed by atoms with Gasteiger partial charge in [-0.05, 0) is 24.3 Å². The zero-order valence-corrected chi connectivity index (χ0v) is 9.90. The van der Waals surface area contributed by atoms with Gasteiger partial charge in [0.25, 0.3) is 0 Å². The first kappa shape index (κ1) is 14.0. The maximum Gasteiger partial charge on any atom is 0.420 e. The summed E-state index contributed by atoms with van der Waals surface area (Å²) in [5, 5.41) is 0. The summed E-state index contributed by atoms with van der Waals surface area (Å²) in [6, 6.07) is 3.27. The second-order valence-electron chi connectivity index (χ2n) is 3.06. The molecule has 0 aliphatic heterocycles. The summed E-state index contributed by atoms with van der Waals surface area (Å²) in [6.07, 6.45) is -3.29. The fourth-order valence-corrected chi connectivity index (χ4v) is 1.22. The predicted octanol–water partition coefficient (Wildman–Crippen LogP) is 3.99. The maximum absolute atomic E-state index is 12.6. The maximum atomic E-state index is 12.6. The van der Waals surface area contributed by atoms with E-state index < -0.39 is 11.7 Å². The van der Waals surface area contributed by atoms with Gasteiger partial charge in [0.05, 0.1) is 5.56 Å². The molecule has 0 aliphatic rings. The quantitative estimate of drug-likeness (QED) is 0.853. The fraction of sp³-hybridized carbons (Fsp3) is 0.200. The second-order valence-corrected chi connectivity index (χ2v) is 4.07. The first-order chi connectivity index (χ1) is 7.80. The molecule has 7 heteroatoms. The van der Waals surface area contributed by atoms with E-state index in [1.165, 1.54) is 12.1 Å². The van der Waals surface area contributed by atoms with Gasteiger partial charge in [-0.25, -0.2) is 0 Å². The normalized spacial score (nSPS) is 11.1. The zero-order chi connectivity index (χ0) is 13.1. The number of halogens is 5. The predicted molar refractivity (Wildman–Crippen MR) is 61.1 cm³/mol. The monoisotopic (exact) mass is 285 g/mol. The van der Waals surface area contributed by atoms with Crippen LogP contribution in [-0.2, 0) is 6.18 Å². The van der Waals surface area contributed by atoms with Gasteiger partial charge in [-0.3, -0.25) is 0 Å². The van der Waals surface area contributed by atoms with Crippen LogP contribution in [0.2, 0.25) is 0 Å². The van der Waals surface area contributed by atoms with E-state index in [1.807, 2.05) is 0 Å². The standard InChI is InChI=1S/C10H8Cl2F3NO/c11-9(12)3-4-17-8-2-1-6(16)5-7(8)10(13,14)15/h1-3,5H,4,16H2. The molecule has 0 radical (unpaired) electrons. The highest BCUT2D eigenvalue weighted by Crippen LogP contribution is 2.37. The third kappa shape index (κ3) is 4.36.